The molecule has 0 saturated heterocycles. The molecule has 0 atom stereocenters. The van der Waals surface area contributed by atoms with Crippen molar-refractivity contribution in [3.63, 3.8) is 0 Å². The van der Waals surface area contributed by atoms with Gasteiger partial charge in [0.1, 0.15) is 11.4 Å². The van der Waals surface area contributed by atoms with Crippen LogP contribution >= 0.6 is 22.9 Å². The summed E-state index contributed by atoms with van der Waals surface area (Å²) < 4.78 is 6.77. The standard InChI is InChI=1S/C20H14ClN3O3S/c1-27-15-8-4-13(5-9-15)11-17-19(26)24-20(28-17)22-18(25)16(23-24)10-12-2-6-14(21)7-3-12/h2-9,11H,10H2,1H3/b17-11-. The molecule has 2 aromatic carbocycles. The highest BCUT2D eigenvalue weighted by Crippen LogP contribution is 2.13. The minimum absolute atomic E-state index is 0.214. The molecule has 0 spiro atoms. The van der Waals surface area contributed by atoms with Gasteiger partial charge < -0.3 is 4.74 Å². The minimum Gasteiger partial charge on any atom is -0.497 e. The van der Waals surface area contributed by atoms with E-state index in [9.17, 15) is 9.59 Å². The van der Waals surface area contributed by atoms with Crippen LogP contribution < -0.4 is 20.4 Å². The lowest BCUT2D eigenvalue weighted by atomic mass is 10.1. The molecule has 0 aliphatic rings. The van der Waals surface area contributed by atoms with Crippen molar-refractivity contribution in [2.24, 2.45) is 0 Å². The van der Waals surface area contributed by atoms with Crippen molar-refractivity contribution in [2.75, 3.05) is 7.11 Å². The number of aromatic nitrogens is 3. The van der Waals surface area contributed by atoms with Gasteiger partial charge in [0.25, 0.3) is 11.1 Å². The van der Waals surface area contributed by atoms with Gasteiger partial charge in [-0.2, -0.15) is 14.6 Å². The van der Waals surface area contributed by atoms with Crippen LogP contribution in [0.5, 0.6) is 5.75 Å². The molecular weight excluding hydrogens is 398 g/mol. The van der Waals surface area contributed by atoms with E-state index in [1.54, 1.807) is 25.3 Å². The van der Waals surface area contributed by atoms with Gasteiger partial charge in [0.2, 0.25) is 4.96 Å². The molecule has 0 amide bonds. The molecule has 0 fully saturated rings. The van der Waals surface area contributed by atoms with Gasteiger partial charge in [-0.1, -0.05) is 47.2 Å². The number of methoxy groups -OCH3 is 1. The van der Waals surface area contributed by atoms with Gasteiger partial charge in [0.05, 0.1) is 11.6 Å². The van der Waals surface area contributed by atoms with Crippen molar-refractivity contribution < 1.29 is 4.74 Å². The Kier molecular flexibility index (Phi) is 4.93. The van der Waals surface area contributed by atoms with E-state index in [0.29, 0.717) is 9.55 Å². The lowest BCUT2D eigenvalue weighted by molar-refractivity contribution is 0.415. The Labute approximate surface area is 168 Å². The Morgan fingerprint density at radius 2 is 1.82 bits per heavy atom. The van der Waals surface area contributed by atoms with Crippen LogP contribution in [-0.2, 0) is 6.42 Å². The molecular formula is C20H14ClN3O3S. The summed E-state index contributed by atoms with van der Waals surface area (Å²) in [5.74, 6) is 0.733. The van der Waals surface area contributed by atoms with E-state index >= 15 is 0 Å². The molecule has 8 heteroatoms. The topological polar surface area (TPSA) is 73.6 Å². The monoisotopic (exact) mass is 411 g/mol. The maximum atomic E-state index is 12.7. The first kappa shape index (κ1) is 18.3. The molecule has 0 bridgehead atoms. The fraction of sp³-hybridized carbons (Fsp3) is 0.100. The van der Waals surface area contributed by atoms with Crippen molar-refractivity contribution in [3.05, 3.63) is 95.6 Å². The van der Waals surface area contributed by atoms with Crippen molar-refractivity contribution >= 4 is 34.0 Å². The second-order valence-electron chi connectivity index (χ2n) is 6.05. The summed E-state index contributed by atoms with van der Waals surface area (Å²) in [6, 6.07) is 14.4. The van der Waals surface area contributed by atoms with Crippen molar-refractivity contribution in [2.45, 2.75) is 6.42 Å². The second kappa shape index (κ2) is 7.53. The van der Waals surface area contributed by atoms with E-state index in [-0.39, 0.29) is 22.6 Å². The molecule has 28 heavy (non-hydrogen) atoms. The maximum Gasteiger partial charge on any atom is 0.296 e. The highest BCUT2D eigenvalue weighted by Gasteiger charge is 2.11. The molecule has 4 rings (SSSR count). The third-order valence-electron chi connectivity index (χ3n) is 4.15. The number of benzene rings is 2. The van der Waals surface area contributed by atoms with Crippen LogP contribution in [-0.4, -0.2) is 21.7 Å². The normalized spacial score (nSPS) is 11.9. The third-order valence-corrected chi connectivity index (χ3v) is 5.36. The number of nitrogens with zero attached hydrogens (tertiary/aromatic N) is 3. The van der Waals surface area contributed by atoms with E-state index in [4.69, 9.17) is 16.3 Å². The number of fused-ring (bicyclic) bond motifs is 1. The van der Waals surface area contributed by atoms with Crippen molar-refractivity contribution in [1.82, 2.24) is 14.6 Å². The van der Waals surface area contributed by atoms with Gasteiger partial charge in [-0.3, -0.25) is 9.59 Å². The second-order valence-corrected chi connectivity index (χ2v) is 7.50. The molecule has 140 valence electrons. The quantitative estimate of drug-likeness (QED) is 0.515. The zero-order valence-electron chi connectivity index (χ0n) is 14.8. The number of thiazole rings is 1. The minimum atomic E-state index is -0.438. The summed E-state index contributed by atoms with van der Waals surface area (Å²) in [6.07, 6.45) is 2.02. The molecule has 0 unspecified atom stereocenters. The zero-order valence-corrected chi connectivity index (χ0v) is 16.3. The molecule has 0 aliphatic carbocycles. The van der Waals surface area contributed by atoms with Gasteiger partial charge in [-0.25, -0.2) is 0 Å². The van der Waals surface area contributed by atoms with E-state index in [2.05, 4.69) is 10.1 Å². The van der Waals surface area contributed by atoms with Crippen LogP contribution in [0.25, 0.3) is 11.0 Å². The lowest BCUT2D eigenvalue weighted by Crippen LogP contribution is -2.28. The van der Waals surface area contributed by atoms with Gasteiger partial charge in [0, 0.05) is 11.4 Å². The molecule has 0 radical (unpaired) electrons. The summed E-state index contributed by atoms with van der Waals surface area (Å²) >= 11 is 7.02. The van der Waals surface area contributed by atoms with E-state index in [1.165, 1.54) is 4.52 Å². The molecule has 2 heterocycles. The first-order valence-electron chi connectivity index (χ1n) is 8.36. The Balaban J connectivity index is 1.76. The van der Waals surface area contributed by atoms with Crippen LogP contribution in [0.2, 0.25) is 5.02 Å². The smallest absolute Gasteiger partial charge is 0.296 e. The van der Waals surface area contributed by atoms with Gasteiger partial charge >= 0.3 is 0 Å². The van der Waals surface area contributed by atoms with Crippen molar-refractivity contribution in [1.29, 1.82) is 0 Å². The first-order chi connectivity index (χ1) is 13.5. The molecule has 0 aliphatic heterocycles. The predicted molar refractivity (Wildman–Crippen MR) is 109 cm³/mol. The number of hydrogen-bond acceptors (Lipinski definition) is 6. The largest absolute Gasteiger partial charge is 0.497 e. The number of rotatable bonds is 4. The Bertz CT molecular complexity index is 1310. The van der Waals surface area contributed by atoms with E-state index in [1.807, 2.05) is 36.4 Å². The Hall–Kier alpha value is -3.03. The van der Waals surface area contributed by atoms with Crippen LogP contribution in [0.1, 0.15) is 16.8 Å². The average Bonchev–Trinajstić information content (AvgIpc) is 2.99. The maximum absolute atomic E-state index is 12.7. The fourth-order valence-corrected chi connectivity index (χ4v) is 3.73. The fourth-order valence-electron chi connectivity index (χ4n) is 2.70. The molecule has 4 aromatic rings. The third kappa shape index (κ3) is 3.67. The van der Waals surface area contributed by atoms with Gasteiger partial charge in [0.15, 0.2) is 0 Å². The van der Waals surface area contributed by atoms with Crippen LogP contribution in [0.4, 0.5) is 0 Å². The van der Waals surface area contributed by atoms with Crippen LogP contribution in [0.3, 0.4) is 0 Å². The number of halogens is 1. The summed E-state index contributed by atoms with van der Waals surface area (Å²) in [5.41, 5.74) is 1.18. The molecule has 0 N–H and O–H groups in total. The summed E-state index contributed by atoms with van der Waals surface area (Å²) in [4.78, 5) is 29.3. The number of hydrogen-bond donors (Lipinski definition) is 0. The number of ether oxygens (including phenoxy) is 1. The van der Waals surface area contributed by atoms with Gasteiger partial charge in [-0.15, -0.1) is 0 Å². The Morgan fingerprint density at radius 1 is 1.11 bits per heavy atom. The first-order valence-corrected chi connectivity index (χ1v) is 9.56. The summed E-state index contributed by atoms with van der Waals surface area (Å²) in [6.45, 7) is 0. The highest BCUT2D eigenvalue weighted by molar-refractivity contribution is 7.15. The van der Waals surface area contributed by atoms with E-state index < -0.39 is 5.56 Å². The molecule has 2 aromatic heterocycles. The molecule has 6 nitrogen and oxygen atoms in total. The van der Waals surface area contributed by atoms with E-state index in [0.717, 1.165) is 28.2 Å². The summed E-state index contributed by atoms with van der Waals surface area (Å²) in [7, 11) is 1.59. The summed E-state index contributed by atoms with van der Waals surface area (Å²) in [5, 5.41) is 4.86. The Morgan fingerprint density at radius 3 is 2.50 bits per heavy atom. The predicted octanol–water partition coefficient (Wildman–Crippen LogP) is 2.31. The van der Waals surface area contributed by atoms with Crippen LogP contribution in [0.15, 0.2) is 58.1 Å². The SMILES string of the molecule is COc1ccc(/C=c2\sc3nc(=O)c(Cc4ccc(Cl)cc4)nn3c2=O)cc1. The van der Waals surface area contributed by atoms with Crippen molar-refractivity contribution in [3.8, 4) is 5.75 Å². The van der Waals surface area contributed by atoms with Gasteiger partial charge in [-0.05, 0) is 41.5 Å². The van der Waals surface area contributed by atoms with Crippen LogP contribution in [0, 0.1) is 0 Å². The molecule has 0 saturated carbocycles. The highest BCUT2D eigenvalue weighted by atomic mass is 35.5. The zero-order chi connectivity index (χ0) is 19.7. The average molecular weight is 412 g/mol. The lowest BCUT2D eigenvalue weighted by Gasteiger charge is -2.00.